The van der Waals surface area contributed by atoms with E-state index in [1.165, 1.54) is 4.90 Å². The molecule has 1 amide bonds. The molecule has 0 radical (unpaired) electrons. The number of amides is 1. The fraction of sp³-hybridized carbons (Fsp3) is 0.667. The monoisotopic (exact) mass is 169 g/mol. The number of carbonyl (C=O) groups excluding carboxylic acids is 1. The van der Waals surface area contributed by atoms with E-state index in [0.717, 1.165) is 0 Å². The van der Waals surface area contributed by atoms with Gasteiger partial charge in [-0.05, 0) is 6.92 Å². The SMILES string of the molecule is CC#CC[C@H](C)C(=O)N(C)CO. The van der Waals surface area contributed by atoms with Gasteiger partial charge in [0, 0.05) is 19.4 Å². The average Bonchev–Trinajstić information content (AvgIpc) is 2.11. The van der Waals surface area contributed by atoms with Crippen LogP contribution in [0.25, 0.3) is 0 Å². The molecule has 0 aliphatic rings. The lowest BCUT2D eigenvalue weighted by molar-refractivity contribution is -0.136. The van der Waals surface area contributed by atoms with Crippen LogP contribution in [0.4, 0.5) is 0 Å². The summed E-state index contributed by atoms with van der Waals surface area (Å²) in [4.78, 5) is 12.6. The van der Waals surface area contributed by atoms with Gasteiger partial charge in [0.1, 0.15) is 6.73 Å². The van der Waals surface area contributed by atoms with Gasteiger partial charge in [0.2, 0.25) is 5.91 Å². The molecule has 3 heteroatoms. The van der Waals surface area contributed by atoms with E-state index in [-0.39, 0.29) is 18.6 Å². The van der Waals surface area contributed by atoms with E-state index in [1.54, 1.807) is 20.9 Å². The van der Waals surface area contributed by atoms with E-state index in [2.05, 4.69) is 11.8 Å². The topological polar surface area (TPSA) is 40.5 Å². The highest BCUT2D eigenvalue weighted by Crippen LogP contribution is 2.04. The molecular weight excluding hydrogens is 154 g/mol. The number of rotatable bonds is 3. The second kappa shape index (κ2) is 5.62. The van der Waals surface area contributed by atoms with Gasteiger partial charge in [0.25, 0.3) is 0 Å². The number of aliphatic hydroxyl groups is 1. The molecule has 0 saturated carbocycles. The van der Waals surface area contributed by atoms with E-state index in [4.69, 9.17) is 5.11 Å². The van der Waals surface area contributed by atoms with E-state index in [0.29, 0.717) is 6.42 Å². The van der Waals surface area contributed by atoms with Crippen LogP contribution in [-0.4, -0.2) is 29.7 Å². The summed E-state index contributed by atoms with van der Waals surface area (Å²) in [5, 5.41) is 8.65. The summed E-state index contributed by atoms with van der Waals surface area (Å²) in [5.41, 5.74) is 0. The smallest absolute Gasteiger partial charge is 0.227 e. The first-order valence-electron chi connectivity index (χ1n) is 3.89. The summed E-state index contributed by atoms with van der Waals surface area (Å²) in [5.74, 6) is 5.36. The fourth-order valence-electron chi connectivity index (χ4n) is 0.788. The predicted molar refractivity (Wildman–Crippen MR) is 47.1 cm³/mol. The van der Waals surface area contributed by atoms with Gasteiger partial charge in [0.15, 0.2) is 0 Å². The van der Waals surface area contributed by atoms with Crippen LogP contribution in [0.5, 0.6) is 0 Å². The Balaban J connectivity index is 3.97. The summed E-state index contributed by atoms with van der Waals surface area (Å²) < 4.78 is 0. The van der Waals surface area contributed by atoms with Crippen molar-refractivity contribution >= 4 is 5.91 Å². The number of aliphatic hydroxyl groups excluding tert-OH is 1. The zero-order valence-electron chi connectivity index (χ0n) is 7.79. The molecule has 0 aromatic rings. The average molecular weight is 169 g/mol. The zero-order valence-corrected chi connectivity index (χ0v) is 7.79. The molecule has 0 aromatic carbocycles. The van der Waals surface area contributed by atoms with Crippen LogP contribution >= 0.6 is 0 Å². The molecule has 0 rings (SSSR count). The first kappa shape index (κ1) is 11.0. The molecule has 0 spiro atoms. The molecule has 1 atom stereocenters. The highest BCUT2D eigenvalue weighted by molar-refractivity contribution is 5.78. The maximum Gasteiger partial charge on any atom is 0.227 e. The Kier molecular flexibility index (Phi) is 5.14. The molecule has 0 aliphatic carbocycles. The van der Waals surface area contributed by atoms with Crippen LogP contribution in [0.3, 0.4) is 0 Å². The maximum atomic E-state index is 11.3. The minimum Gasteiger partial charge on any atom is -0.376 e. The Morgan fingerprint density at radius 2 is 2.25 bits per heavy atom. The molecule has 0 bridgehead atoms. The van der Waals surface area contributed by atoms with Gasteiger partial charge in [0.05, 0.1) is 0 Å². The van der Waals surface area contributed by atoms with Crippen LogP contribution in [0, 0.1) is 17.8 Å². The van der Waals surface area contributed by atoms with Gasteiger partial charge in [-0.15, -0.1) is 11.8 Å². The van der Waals surface area contributed by atoms with Gasteiger partial charge in [-0.3, -0.25) is 4.79 Å². The minimum atomic E-state index is -0.233. The third-order valence-electron chi connectivity index (χ3n) is 1.59. The van der Waals surface area contributed by atoms with E-state index >= 15 is 0 Å². The lowest BCUT2D eigenvalue weighted by atomic mass is 10.1. The molecule has 0 saturated heterocycles. The summed E-state index contributed by atoms with van der Waals surface area (Å²) >= 11 is 0. The van der Waals surface area contributed by atoms with Gasteiger partial charge in [-0.1, -0.05) is 6.92 Å². The van der Waals surface area contributed by atoms with E-state index in [1.807, 2.05) is 0 Å². The number of carbonyl (C=O) groups is 1. The van der Waals surface area contributed by atoms with Crippen LogP contribution in [0.15, 0.2) is 0 Å². The van der Waals surface area contributed by atoms with Crippen molar-refractivity contribution in [2.45, 2.75) is 20.3 Å². The van der Waals surface area contributed by atoms with E-state index < -0.39 is 0 Å². The van der Waals surface area contributed by atoms with Crippen molar-refractivity contribution in [1.29, 1.82) is 0 Å². The zero-order chi connectivity index (χ0) is 9.56. The minimum absolute atomic E-state index is 0.0692. The van der Waals surface area contributed by atoms with Crippen molar-refractivity contribution in [3.8, 4) is 11.8 Å². The van der Waals surface area contributed by atoms with Gasteiger partial charge >= 0.3 is 0 Å². The molecule has 3 nitrogen and oxygen atoms in total. The van der Waals surface area contributed by atoms with Crippen LogP contribution in [0.2, 0.25) is 0 Å². The predicted octanol–water partition coefficient (Wildman–Crippen LogP) is 0.444. The van der Waals surface area contributed by atoms with Crippen LogP contribution < -0.4 is 0 Å². The molecule has 12 heavy (non-hydrogen) atoms. The Morgan fingerprint density at radius 1 is 1.67 bits per heavy atom. The van der Waals surface area contributed by atoms with Crippen molar-refractivity contribution in [2.24, 2.45) is 5.92 Å². The number of hydrogen-bond acceptors (Lipinski definition) is 2. The maximum absolute atomic E-state index is 11.3. The van der Waals surface area contributed by atoms with Crippen molar-refractivity contribution in [3.63, 3.8) is 0 Å². The van der Waals surface area contributed by atoms with Gasteiger partial charge in [-0.2, -0.15) is 0 Å². The fourth-order valence-corrected chi connectivity index (χ4v) is 0.788. The Hall–Kier alpha value is -1.01. The normalized spacial score (nSPS) is 11.3. The second-order valence-electron chi connectivity index (χ2n) is 2.71. The van der Waals surface area contributed by atoms with Crippen LogP contribution in [0.1, 0.15) is 20.3 Å². The van der Waals surface area contributed by atoms with Crippen molar-refractivity contribution in [1.82, 2.24) is 4.90 Å². The first-order chi connectivity index (χ1) is 5.63. The number of nitrogens with zero attached hydrogens (tertiary/aromatic N) is 1. The Labute approximate surface area is 73.4 Å². The first-order valence-corrected chi connectivity index (χ1v) is 3.89. The van der Waals surface area contributed by atoms with Gasteiger partial charge < -0.3 is 10.0 Å². The number of hydrogen-bond donors (Lipinski definition) is 1. The quantitative estimate of drug-likeness (QED) is 0.492. The molecular formula is C9H15NO2. The molecule has 0 aromatic heterocycles. The third-order valence-corrected chi connectivity index (χ3v) is 1.59. The summed E-state index contributed by atoms with van der Waals surface area (Å²) in [6.07, 6.45) is 0.555. The lowest BCUT2D eigenvalue weighted by Crippen LogP contribution is -2.32. The van der Waals surface area contributed by atoms with Crippen LogP contribution in [-0.2, 0) is 4.79 Å². The van der Waals surface area contributed by atoms with E-state index in [9.17, 15) is 4.79 Å². The van der Waals surface area contributed by atoms with Crippen molar-refractivity contribution in [2.75, 3.05) is 13.8 Å². The van der Waals surface area contributed by atoms with Gasteiger partial charge in [-0.25, -0.2) is 0 Å². The highest BCUT2D eigenvalue weighted by Gasteiger charge is 2.14. The Morgan fingerprint density at radius 3 is 2.67 bits per heavy atom. The largest absolute Gasteiger partial charge is 0.376 e. The third kappa shape index (κ3) is 3.40. The summed E-state index contributed by atoms with van der Waals surface area (Å²) in [6, 6.07) is 0. The molecule has 1 N–H and O–H groups in total. The second-order valence-corrected chi connectivity index (χ2v) is 2.71. The summed E-state index contributed by atoms with van der Waals surface area (Å²) in [7, 11) is 1.57. The summed E-state index contributed by atoms with van der Waals surface area (Å²) in [6.45, 7) is 3.31. The molecule has 0 unspecified atom stereocenters. The lowest BCUT2D eigenvalue weighted by Gasteiger charge is -2.16. The molecule has 0 aliphatic heterocycles. The van der Waals surface area contributed by atoms with Crippen molar-refractivity contribution in [3.05, 3.63) is 0 Å². The Bertz CT molecular complexity index is 202. The molecule has 68 valence electrons. The molecule has 0 fully saturated rings. The molecule has 0 heterocycles. The highest BCUT2D eigenvalue weighted by atomic mass is 16.3. The van der Waals surface area contributed by atoms with Crippen molar-refractivity contribution < 1.29 is 9.90 Å². The standard InChI is InChI=1S/C9H15NO2/c1-4-5-6-8(2)9(12)10(3)7-11/h8,11H,6-7H2,1-3H3/t8-/m0/s1.